The van der Waals surface area contributed by atoms with Crippen molar-refractivity contribution in [1.82, 2.24) is 9.97 Å². The molecule has 1 unspecified atom stereocenters. The monoisotopic (exact) mass is 306 g/mol. The zero-order valence-electron chi connectivity index (χ0n) is 11.8. The Hall–Kier alpha value is -1.99. The molecule has 0 saturated carbocycles. The molecule has 0 aliphatic carbocycles. The lowest BCUT2D eigenvalue weighted by Gasteiger charge is -2.06. The predicted octanol–water partition coefficient (Wildman–Crippen LogP) is 2.01. The van der Waals surface area contributed by atoms with Crippen molar-refractivity contribution in [2.45, 2.75) is 26.5 Å². The molecule has 21 heavy (non-hydrogen) atoms. The highest BCUT2D eigenvalue weighted by Gasteiger charge is 2.16. The maximum atomic E-state index is 11.3. The van der Waals surface area contributed by atoms with Gasteiger partial charge in [0.25, 0.3) is 0 Å². The summed E-state index contributed by atoms with van der Waals surface area (Å²) in [5.41, 5.74) is 2.14. The van der Waals surface area contributed by atoms with Crippen molar-refractivity contribution in [3.05, 3.63) is 45.0 Å². The van der Waals surface area contributed by atoms with Gasteiger partial charge in [0.05, 0.1) is 11.9 Å². The molecule has 0 radical (unpaired) electrons. The summed E-state index contributed by atoms with van der Waals surface area (Å²) in [6.07, 6.45) is 1.89. The van der Waals surface area contributed by atoms with Gasteiger partial charge in [0.15, 0.2) is 0 Å². The number of nitrogens with one attached hydrogen (secondary N) is 1. The smallest absolute Gasteiger partial charge is 0.383 e. The fraction of sp³-hybridized carbons (Fsp3) is 0.357. The third kappa shape index (κ3) is 2.88. The van der Waals surface area contributed by atoms with E-state index in [-0.39, 0.29) is 6.10 Å². The first-order valence-corrected chi connectivity index (χ1v) is 7.62. The molecule has 3 aromatic rings. The molecular formula is C14H16N3O3S+. The summed E-state index contributed by atoms with van der Waals surface area (Å²) in [6, 6.07) is 3.60. The lowest BCUT2D eigenvalue weighted by Crippen LogP contribution is -2.35. The Bertz CT molecular complexity index is 805. The van der Waals surface area contributed by atoms with Crippen molar-refractivity contribution in [1.29, 1.82) is 0 Å². The molecule has 0 aromatic carbocycles. The summed E-state index contributed by atoms with van der Waals surface area (Å²) < 4.78 is 12.5. The average Bonchev–Trinajstić information content (AvgIpc) is 3.05. The molecule has 6 nitrogen and oxygen atoms in total. The second-order valence-corrected chi connectivity index (χ2v) is 5.53. The van der Waals surface area contributed by atoms with Gasteiger partial charge in [0.2, 0.25) is 5.58 Å². The van der Waals surface area contributed by atoms with Gasteiger partial charge in [-0.25, -0.2) is 9.55 Å². The molecule has 0 bridgehead atoms. The fourth-order valence-electron chi connectivity index (χ4n) is 2.18. The predicted molar refractivity (Wildman–Crippen MR) is 78.3 cm³/mol. The number of hydrogen-bond donors (Lipinski definition) is 1. The number of rotatable bonds is 5. The molecule has 0 aliphatic rings. The Morgan fingerprint density at radius 2 is 2.43 bits per heavy atom. The number of H-pyrrole nitrogens is 1. The molecule has 0 amide bonds. The maximum absolute atomic E-state index is 11.3. The van der Waals surface area contributed by atoms with Crippen LogP contribution in [0.4, 0.5) is 0 Å². The SMILES string of the molecule is CCOC(C)c1nc(C[n+]2cccc3oc(=O)[nH]c32)cs1. The van der Waals surface area contributed by atoms with Crippen LogP contribution in [0.1, 0.15) is 30.7 Å². The van der Waals surface area contributed by atoms with Crippen LogP contribution in [0.2, 0.25) is 0 Å². The topological polar surface area (TPSA) is 72.0 Å². The quantitative estimate of drug-likeness (QED) is 0.732. The zero-order valence-corrected chi connectivity index (χ0v) is 12.6. The van der Waals surface area contributed by atoms with Gasteiger partial charge in [-0.3, -0.25) is 0 Å². The number of aromatic nitrogens is 3. The minimum atomic E-state index is -0.450. The number of pyridine rings is 1. The number of oxazole rings is 1. The second kappa shape index (κ2) is 5.79. The highest BCUT2D eigenvalue weighted by Crippen LogP contribution is 2.21. The molecule has 1 atom stereocenters. The molecule has 0 saturated heterocycles. The van der Waals surface area contributed by atoms with E-state index in [1.165, 1.54) is 0 Å². The fourth-order valence-corrected chi connectivity index (χ4v) is 2.99. The van der Waals surface area contributed by atoms with Crippen LogP contribution in [0, 0.1) is 0 Å². The van der Waals surface area contributed by atoms with Crippen LogP contribution in [-0.2, 0) is 11.3 Å². The van der Waals surface area contributed by atoms with Crippen molar-refractivity contribution in [2.75, 3.05) is 6.61 Å². The summed E-state index contributed by atoms with van der Waals surface area (Å²) in [7, 11) is 0. The first kappa shape index (κ1) is 14.0. The van der Waals surface area contributed by atoms with E-state index in [9.17, 15) is 4.79 Å². The summed E-state index contributed by atoms with van der Waals surface area (Å²) in [4.78, 5) is 18.6. The van der Waals surface area contributed by atoms with Gasteiger partial charge in [-0.1, -0.05) is 0 Å². The Kier molecular flexibility index (Phi) is 3.85. The van der Waals surface area contributed by atoms with E-state index in [0.29, 0.717) is 24.4 Å². The molecule has 110 valence electrons. The van der Waals surface area contributed by atoms with Crippen LogP contribution in [-0.4, -0.2) is 16.6 Å². The van der Waals surface area contributed by atoms with Gasteiger partial charge < -0.3 is 9.15 Å². The van der Waals surface area contributed by atoms with Crippen molar-refractivity contribution < 1.29 is 13.7 Å². The average molecular weight is 306 g/mol. The number of ether oxygens (including phenoxy) is 1. The normalized spacial score (nSPS) is 12.9. The Balaban J connectivity index is 1.87. The number of hydrogen-bond acceptors (Lipinski definition) is 5. The minimum absolute atomic E-state index is 0.00303. The van der Waals surface area contributed by atoms with E-state index in [4.69, 9.17) is 9.15 Å². The molecule has 0 fully saturated rings. The zero-order chi connectivity index (χ0) is 14.8. The van der Waals surface area contributed by atoms with Crippen LogP contribution in [0.5, 0.6) is 0 Å². The van der Waals surface area contributed by atoms with Crippen LogP contribution < -0.4 is 10.3 Å². The van der Waals surface area contributed by atoms with Gasteiger partial charge in [-0.05, 0) is 26.0 Å². The molecule has 3 rings (SSSR count). The lowest BCUT2D eigenvalue weighted by molar-refractivity contribution is -0.664. The first-order chi connectivity index (χ1) is 10.2. The standard InChI is InChI=1S/C14H15N3O3S/c1-3-19-9(2)13-15-10(8-21-13)7-17-6-4-5-11-12(17)16-14(18)20-11/h4-6,8-9H,3,7H2,1-2H3/p+1. The van der Waals surface area contributed by atoms with E-state index in [0.717, 1.165) is 10.7 Å². The van der Waals surface area contributed by atoms with Gasteiger partial charge in [0, 0.05) is 12.0 Å². The van der Waals surface area contributed by atoms with Crippen LogP contribution >= 0.6 is 11.3 Å². The Morgan fingerprint density at radius 1 is 1.57 bits per heavy atom. The highest BCUT2D eigenvalue weighted by atomic mass is 32.1. The largest absolute Gasteiger partial charge is 0.510 e. The summed E-state index contributed by atoms with van der Waals surface area (Å²) in [5.74, 6) is -0.450. The van der Waals surface area contributed by atoms with E-state index >= 15 is 0 Å². The van der Waals surface area contributed by atoms with E-state index < -0.39 is 5.76 Å². The molecule has 0 aliphatic heterocycles. The van der Waals surface area contributed by atoms with Crippen molar-refractivity contribution >= 4 is 22.6 Å². The van der Waals surface area contributed by atoms with Gasteiger partial charge in [-0.2, -0.15) is 9.78 Å². The van der Waals surface area contributed by atoms with Crippen LogP contribution in [0.3, 0.4) is 0 Å². The first-order valence-electron chi connectivity index (χ1n) is 6.74. The maximum Gasteiger partial charge on any atom is 0.510 e. The summed E-state index contributed by atoms with van der Waals surface area (Å²) in [5, 5.41) is 2.97. The molecule has 3 heterocycles. The molecular weight excluding hydrogens is 290 g/mol. The van der Waals surface area contributed by atoms with Gasteiger partial charge in [-0.15, -0.1) is 11.3 Å². The lowest BCUT2D eigenvalue weighted by atomic mass is 10.4. The van der Waals surface area contributed by atoms with Gasteiger partial charge >= 0.3 is 11.4 Å². The van der Waals surface area contributed by atoms with Crippen molar-refractivity contribution in [3.8, 4) is 0 Å². The van der Waals surface area contributed by atoms with E-state index in [1.807, 2.05) is 36.1 Å². The van der Waals surface area contributed by atoms with Crippen molar-refractivity contribution in [2.24, 2.45) is 0 Å². The number of aromatic amines is 1. The highest BCUT2D eigenvalue weighted by molar-refractivity contribution is 7.09. The minimum Gasteiger partial charge on any atom is -0.383 e. The van der Waals surface area contributed by atoms with Crippen LogP contribution in [0.25, 0.3) is 11.2 Å². The second-order valence-electron chi connectivity index (χ2n) is 4.64. The Labute approximate surface area is 125 Å². The third-order valence-corrected chi connectivity index (χ3v) is 4.18. The molecule has 3 aromatic heterocycles. The van der Waals surface area contributed by atoms with Gasteiger partial charge in [0.1, 0.15) is 17.7 Å². The van der Waals surface area contributed by atoms with Crippen molar-refractivity contribution in [3.63, 3.8) is 0 Å². The summed E-state index contributed by atoms with van der Waals surface area (Å²) >= 11 is 1.58. The van der Waals surface area contributed by atoms with E-state index in [1.54, 1.807) is 17.4 Å². The summed E-state index contributed by atoms with van der Waals surface area (Å²) in [6.45, 7) is 5.20. The number of thiazole rings is 1. The molecule has 7 heteroatoms. The Morgan fingerprint density at radius 3 is 3.24 bits per heavy atom. The number of fused-ring (bicyclic) bond motifs is 1. The van der Waals surface area contributed by atoms with E-state index in [2.05, 4.69) is 9.97 Å². The number of nitrogens with zero attached hydrogens (tertiary/aromatic N) is 2. The molecule has 1 N–H and O–H groups in total. The molecule has 0 spiro atoms. The third-order valence-electron chi connectivity index (χ3n) is 3.12. The van der Waals surface area contributed by atoms with Crippen LogP contribution in [0.15, 0.2) is 32.9 Å².